The summed E-state index contributed by atoms with van der Waals surface area (Å²) in [6, 6.07) is 9.05. The largest absolute Gasteiger partial charge is 0.432 e. The second kappa shape index (κ2) is 7.10. The summed E-state index contributed by atoms with van der Waals surface area (Å²) in [4.78, 5) is 6.54. The smallest absolute Gasteiger partial charge is 0.297 e. The van der Waals surface area contributed by atoms with Gasteiger partial charge in [-0.2, -0.15) is 4.98 Å². The number of anilines is 1. The first-order chi connectivity index (χ1) is 9.70. The molecule has 4 heteroatoms. The van der Waals surface area contributed by atoms with Gasteiger partial charge in [-0.1, -0.05) is 31.2 Å². The molecule has 0 radical (unpaired) electrons. The van der Waals surface area contributed by atoms with Gasteiger partial charge in [0, 0.05) is 20.1 Å². The van der Waals surface area contributed by atoms with Gasteiger partial charge < -0.3 is 14.6 Å². The Morgan fingerprint density at radius 1 is 1.30 bits per heavy atom. The van der Waals surface area contributed by atoms with E-state index in [2.05, 4.69) is 48.4 Å². The summed E-state index contributed by atoms with van der Waals surface area (Å²) in [5.41, 5.74) is 3.53. The minimum absolute atomic E-state index is 0.668. The Labute approximate surface area is 120 Å². The maximum atomic E-state index is 5.54. The van der Waals surface area contributed by atoms with Gasteiger partial charge in [-0.15, -0.1) is 0 Å². The van der Waals surface area contributed by atoms with Crippen LogP contribution in [0.1, 0.15) is 30.2 Å². The first-order valence-corrected chi connectivity index (χ1v) is 7.11. The number of nitrogens with one attached hydrogen (secondary N) is 1. The molecular weight excluding hydrogens is 250 g/mol. The number of nitrogens with zero attached hydrogens (tertiary/aromatic N) is 2. The molecule has 0 saturated carbocycles. The summed E-state index contributed by atoms with van der Waals surface area (Å²) in [6.45, 7) is 6.84. The van der Waals surface area contributed by atoms with Crippen LogP contribution in [0, 0.1) is 6.92 Å². The first kappa shape index (κ1) is 14.6. The Kier molecular flexibility index (Phi) is 5.18. The van der Waals surface area contributed by atoms with E-state index in [1.165, 1.54) is 11.1 Å². The molecule has 1 heterocycles. The summed E-state index contributed by atoms with van der Waals surface area (Å²) >= 11 is 0. The zero-order valence-electron chi connectivity index (χ0n) is 12.5. The Bertz CT molecular complexity index is 536. The van der Waals surface area contributed by atoms with Crippen molar-refractivity contribution < 1.29 is 4.42 Å². The highest BCUT2D eigenvalue weighted by molar-refractivity contribution is 5.32. The van der Waals surface area contributed by atoms with E-state index < -0.39 is 0 Å². The maximum Gasteiger partial charge on any atom is 0.297 e. The van der Waals surface area contributed by atoms with Crippen LogP contribution < -0.4 is 10.2 Å². The molecule has 0 fully saturated rings. The van der Waals surface area contributed by atoms with E-state index in [1.807, 2.05) is 11.9 Å². The third-order valence-corrected chi connectivity index (χ3v) is 3.27. The lowest BCUT2D eigenvalue weighted by Crippen LogP contribution is -2.18. The van der Waals surface area contributed by atoms with Crippen molar-refractivity contribution >= 4 is 6.01 Å². The number of aryl methyl sites for hydroxylation is 1. The maximum absolute atomic E-state index is 5.54. The Hall–Kier alpha value is -1.81. The van der Waals surface area contributed by atoms with Crippen molar-refractivity contribution in [3.63, 3.8) is 0 Å². The molecule has 0 bridgehead atoms. The highest BCUT2D eigenvalue weighted by atomic mass is 16.4. The monoisotopic (exact) mass is 273 g/mol. The van der Waals surface area contributed by atoms with Gasteiger partial charge in [-0.3, -0.25) is 0 Å². The van der Waals surface area contributed by atoms with E-state index in [0.29, 0.717) is 6.01 Å². The quantitative estimate of drug-likeness (QED) is 0.787. The molecule has 108 valence electrons. The van der Waals surface area contributed by atoms with E-state index in [1.54, 1.807) is 6.26 Å². The molecule has 0 atom stereocenters. The molecule has 0 aliphatic carbocycles. The molecule has 0 amide bonds. The molecule has 0 unspecified atom stereocenters. The highest BCUT2D eigenvalue weighted by Gasteiger charge is 2.10. The van der Waals surface area contributed by atoms with Crippen LogP contribution in [-0.2, 0) is 13.1 Å². The van der Waals surface area contributed by atoms with Crippen LogP contribution in [0.5, 0.6) is 0 Å². The van der Waals surface area contributed by atoms with Crippen molar-refractivity contribution in [2.75, 3.05) is 18.5 Å². The molecule has 20 heavy (non-hydrogen) atoms. The van der Waals surface area contributed by atoms with Crippen molar-refractivity contribution in [1.29, 1.82) is 0 Å². The minimum Gasteiger partial charge on any atom is -0.432 e. The Morgan fingerprint density at radius 2 is 2.10 bits per heavy atom. The lowest BCUT2D eigenvalue weighted by Gasteiger charge is -2.15. The molecular formula is C16H23N3O. The summed E-state index contributed by atoms with van der Waals surface area (Å²) in [5, 5.41) is 3.32. The Morgan fingerprint density at radius 3 is 2.85 bits per heavy atom. The predicted octanol–water partition coefficient (Wildman–Crippen LogP) is 3.12. The van der Waals surface area contributed by atoms with E-state index >= 15 is 0 Å². The fraction of sp³-hybridized carbons (Fsp3) is 0.438. The second-order valence-electron chi connectivity index (χ2n) is 5.08. The first-order valence-electron chi connectivity index (χ1n) is 7.11. The fourth-order valence-corrected chi connectivity index (χ4v) is 2.06. The lowest BCUT2D eigenvalue weighted by atomic mass is 10.1. The minimum atomic E-state index is 0.668. The molecule has 1 N–H and O–H groups in total. The summed E-state index contributed by atoms with van der Waals surface area (Å²) < 4.78 is 5.54. The molecule has 4 nitrogen and oxygen atoms in total. The zero-order valence-corrected chi connectivity index (χ0v) is 12.5. The van der Waals surface area contributed by atoms with E-state index in [0.717, 1.165) is 31.7 Å². The van der Waals surface area contributed by atoms with E-state index in [4.69, 9.17) is 4.42 Å². The molecule has 2 rings (SSSR count). The van der Waals surface area contributed by atoms with Gasteiger partial charge in [0.05, 0.1) is 5.69 Å². The fourth-order valence-electron chi connectivity index (χ4n) is 2.06. The van der Waals surface area contributed by atoms with Gasteiger partial charge in [0.2, 0.25) is 0 Å². The summed E-state index contributed by atoms with van der Waals surface area (Å²) in [6.07, 6.45) is 2.85. The second-order valence-corrected chi connectivity index (χ2v) is 5.08. The number of benzene rings is 1. The van der Waals surface area contributed by atoms with Gasteiger partial charge >= 0.3 is 0 Å². The van der Waals surface area contributed by atoms with Crippen molar-refractivity contribution in [3.8, 4) is 0 Å². The third-order valence-electron chi connectivity index (χ3n) is 3.27. The van der Waals surface area contributed by atoms with E-state index in [9.17, 15) is 0 Å². The number of rotatable bonds is 7. The van der Waals surface area contributed by atoms with Crippen molar-refractivity contribution in [2.24, 2.45) is 0 Å². The van der Waals surface area contributed by atoms with Crippen LogP contribution in [0.3, 0.4) is 0 Å². The van der Waals surface area contributed by atoms with Crippen LogP contribution in [0.2, 0.25) is 0 Å². The normalized spacial score (nSPS) is 10.8. The number of oxazole rings is 1. The predicted molar refractivity (Wildman–Crippen MR) is 81.8 cm³/mol. The summed E-state index contributed by atoms with van der Waals surface area (Å²) in [7, 11) is 2.00. The Balaban J connectivity index is 1.96. The lowest BCUT2D eigenvalue weighted by molar-refractivity contribution is 0.542. The molecule has 1 aromatic heterocycles. The van der Waals surface area contributed by atoms with Crippen molar-refractivity contribution in [3.05, 3.63) is 47.3 Å². The molecule has 0 aliphatic rings. The summed E-state index contributed by atoms with van der Waals surface area (Å²) in [5.74, 6) is 0. The zero-order chi connectivity index (χ0) is 14.4. The number of aromatic nitrogens is 1. The van der Waals surface area contributed by atoms with Gasteiger partial charge in [-0.05, 0) is 31.0 Å². The van der Waals surface area contributed by atoms with Crippen LogP contribution in [0.15, 0.2) is 34.9 Å². The SMILES string of the molecule is CCCNCc1coc(N(C)Cc2ccccc2C)n1. The third kappa shape index (κ3) is 3.84. The standard InChI is InChI=1S/C16H23N3O/c1-4-9-17-10-15-12-20-16(18-15)19(3)11-14-8-6-5-7-13(14)2/h5-8,12,17H,4,9-11H2,1-3H3. The average Bonchev–Trinajstić information content (AvgIpc) is 2.91. The molecule has 0 aliphatic heterocycles. The van der Waals surface area contributed by atoms with Gasteiger partial charge in [-0.25, -0.2) is 0 Å². The van der Waals surface area contributed by atoms with Crippen LogP contribution in [-0.4, -0.2) is 18.6 Å². The van der Waals surface area contributed by atoms with Gasteiger partial charge in [0.25, 0.3) is 6.01 Å². The molecule has 2 aromatic rings. The van der Waals surface area contributed by atoms with Gasteiger partial charge in [0.15, 0.2) is 0 Å². The van der Waals surface area contributed by atoms with Crippen molar-refractivity contribution in [1.82, 2.24) is 10.3 Å². The highest BCUT2D eigenvalue weighted by Crippen LogP contribution is 2.16. The van der Waals surface area contributed by atoms with Gasteiger partial charge in [0.1, 0.15) is 6.26 Å². The number of hydrogen-bond acceptors (Lipinski definition) is 4. The van der Waals surface area contributed by atoms with E-state index in [-0.39, 0.29) is 0 Å². The van der Waals surface area contributed by atoms with Crippen molar-refractivity contribution in [2.45, 2.75) is 33.4 Å². The average molecular weight is 273 g/mol. The molecule has 0 spiro atoms. The van der Waals surface area contributed by atoms with Crippen LogP contribution >= 0.6 is 0 Å². The number of hydrogen-bond donors (Lipinski definition) is 1. The molecule has 1 aromatic carbocycles. The topological polar surface area (TPSA) is 41.3 Å². The van der Waals surface area contributed by atoms with Crippen LogP contribution in [0.4, 0.5) is 6.01 Å². The van der Waals surface area contributed by atoms with Crippen LogP contribution in [0.25, 0.3) is 0 Å². The molecule has 0 saturated heterocycles.